The molecule has 1 aromatic carbocycles. The Bertz CT molecular complexity index is 715. The van der Waals surface area contributed by atoms with E-state index >= 15 is 0 Å². The minimum absolute atomic E-state index is 0.0839. The third-order valence-electron chi connectivity index (χ3n) is 3.61. The van der Waals surface area contributed by atoms with Crippen molar-refractivity contribution in [2.24, 2.45) is 0 Å². The molecule has 22 heavy (non-hydrogen) atoms. The Labute approximate surface area is 133 Å². The zero-order chi connectivity index (χ0) is 15.5. The zero-order valence-corrected chi connectivity index (χ0v) is 12.7. The first kappa shape index (κ1) is 14.8. The third-order valence-corrected chi connectivity index (χ3v) is 3.85. The quantitative estimate of drug-likeness (QED) is 0.935. The van der Waals surface area contributed by atoms with Crippen LogP contribution in [0, 0.1) is 11.3 Å². The van der Waals surface area contributed by atoms with E-state index in [-0.39, 0.29) is 6.10 Å². The normalized spacial score (nSPS) is 17.4. The summed E-state index contributed by atoms with van der Waals surface area (Å²) in [6.45, 7) is 1.31. The maximum absolute atomic E-state index is 9.30. The van der Waals surface area contributed by atoms with E-state index in [0.717, 1.165) is 19.4 Å². The van der Waals surface area contributed by atoms with Crippen LogP contribution in [-0.4, -0.2) is 17.3 Å². The first-order chi connectivity index (χ1) is 10.7. The molecule has 1 aliphatic rings. The smallest absolute Gasteiger partial charge is 0.224 e. The number of anilines is 1. The Morgan fingerprint density at radius 3 is 3.00 bits per heavy atom. The number of hydrogen-bond acceptors (Lipinski definition) is 4. The van der Waals surface area contributed by atoms with Crippen LogP contribution in [0.15, 0.2) is 30.3 Å². The molecule has 3 rings (SSSR count). The number of aromatic nitrogens is 1. The van der Waals surface area contributed by atoms with Crippen LogP contribution >= 0.6 is 11.6 Å². The van der Waals surface area contributed by atoms with E-state index in [1.807, 2.05) is 0 Å². The Morgan fingerprint density at radius 1 is 1.45 bits per heavy atom. The molecule has 0 unspecified atom stereocenters. The fourth-order valence-electron chi connectivity index (χ4n) is 2.57. The topological polar surface area (TPSA) is 73.2 Å². The summed E-state index contributed by atoms with van der Waals surface area (Å²) in [4.78, 5) is 0. The van der Waals surface area contributed by atoms with Gasteiger partial charge in [0.15, 0.2) is 0 Å². The molecule has 0 saturated carbocycles. The second kappa shape index (κ2) is 6.30. The number of ether oxygens (including phenoxy) is 2. The number of halogens is 1. The number of rotatable bonds is 4. The van der Waals surface area contributed by atoms with Crippen molar-refractivity contribution in [3.63, 3.8) is 0 Å². The van der Waals surface area contributed by atoms with Gasteiger partial charge in [-0.3, -0.25) is 4.57 Å². The SMILES string of the molecule is N#Cc1cc(N)c(Oc2cccc(Cl)c2)n1C[C@@H]1CCCO1. The number of nitrogens with zero attached hydrogens (tertiary/aromatic N) is 2. The molecule has 114 valence electrons. The molecule has 2 heterocycles. The van der Waals surface area contributed by atoms with Crippen LogP contribution in [0.1, 0.15) is 18.5 Å². The van der Waals surface area contributed by atoms with Crippen LogP contribution in [0.3, 0.4) is 0 Å². The summed E-state index contributed by atoms with van der Waals surface area (Å²) in [7, 11) is 0. The molecule has 0 bridgehead atoms. The van der Waals surface area contributed by atoms with Gasteiger partial charge >= 0.3 is 0 Å². The minimum atomic E-state index is 0.0839. The van der Waals surface area contributed by atoms with E-state index in [0.29, 0.717) is 34.6 Å². The van der Waals surface area contributed by atoms with Crippen LogP contribution in [0.4, 0.5) is 5.69 Å². The largest absolute Gasteiger partial charge is 0.439 e. The van der Waals surface area contributed by atoms with Crippen molar-refractivity contribution >= 4 is 17.3 Å². The van der Waals surface area contributed by atoms with Gasteiger partial charge in [0.05, 0.1) is 18.3 Å². The van der Waals surface area contributed by atoms with E-state index in [2.05, 4.69) is 6.07 Å². The molecule has 1 aliphatic heterocycles. The third kappa shape index (κ3) is 3.03. The maximum Gasteiger partial charge on any atom is 0.224 e. The molecule has 2 aromatic rings. The molecule has 5 nitrogen and oxygen atoms in total. The van der Waals surface area contributed by atoms with Gasteiger partial charge < -0.3 is 15.2 Å². The second-order valence-electron chi connectivity index (χ2n) is 5.21. The van der Waals surface area contributed by atoms with Crippen molar-refractivity contribution in [3.05, 3.63) is 41.0 Å². The van der Waals surface area contributed by atoms with Gasteiger partial charge in [0, 0.05) is 17.7 Å². The van der Waals surface area contributed by atoms with E-state index < -0.39 is 0 Å². The van der Waals surface area contributed by atoms with Crippen molar-refractivity contribution in [1.82, 2.24) is 4.57 Å². The van der Waals surface area contributed by atoms with Crippen molar-refractivity contribution in [1.29, 1.82) is 5.26 Å². The molecule has 1 saturated heterocycles. The van der Waals surface area contributed by atoms with Crippen molar-refractivity contribution in [2.75, 3.05) is 12.3 Å². The van der Waals surface area contributed by atoms with Gasteiger partial charge in [-0.25, -0.2) is 0 Å². The highest BCUT2D eigenvalue weighted by Crippen LogP contribution is 2.33. The Kier molecular flexibility index (Phi) is 4.23. The Balaban J connectivity index is 1.92. The van der Waals surface area contributed by atoms with Gasteiger partial charge in [-0.15, -0.1) is 0 Å². The lowest BCUT2D eigenvalue weighted by Crippen LogP contribution is -2.16. The molecule has 1 fully saturated rings. The van der Waals surface area contributed by atoms with Crippen LogP contribution < -0.4 is 10.5 Å². The molecule has 6 heteroatoms. The van der Waals surface area contributed by atoms with Gasteiger partial charge in [0.25, 0.3) is 0 Å². The summed E-state index contributed by atoms with van der Waals surface area (Å²) >= 11 is 5.97. The molecular formula is C16H16ClN3O2. The lowest BCUT2D eigenvalue weighted by atomic mass is 10.2. The monoisotopic (exact) mass is 317 g/mol. The van der Waals surface area contributed by atoms with Crippen molar-refractivity contribution < 1.29 is 9.47 Å². The van der Waals surface area contributed by atoms with E-state index in [1.54, 1.807) is 34.9 Å². The van der Waals surface area contributed by atoms with Gasteiger partial charge in [-0.1, -0.05) is 17.7 Å². The molecule has 1 aromatic heterocycles. The van der Waals surface area contributed by atoms with Gasteiger partial charge in [-0.2, -0.15) is 5.26 Å². The highest BCUT2D eigenvalue weighted by Gasteiger charge is 2.22. The molecule has 0 aliphatic carbocycles. The van der Waals surface area contributed by atoms with E-state index in [4.69, 9.17) is 26.8 Å². The summed E-state index contributed by atoms with van der Waals surface area (Å²) in [6, 6.07) is 10.8. The standard InChI is InChI=1S/C16H16ClN3O2/c17-11-3-1-4-13(7-11)22-16-15(19)8-12(9-18)20(16)10-14-5-2-6-21-14/h1,3-4,7-8,14H,2,5-6,10,19H2/t14-/m0/s1. The predicted octanol–water partition coefficient (Wildman–Crippen LogP) is 3.57. The predicted molar refractivity (Wildman–Crippen MR) is 84.1 cm³/mol. The molecule has 0 amide bonds. The van der Waals surface area contributed by atoms with Gasteiger partial charge in [-0.05, 0) is 31.0 Å². The van der Waals surface area contributed by atoms with Gasteiger partial charge in [0.1, 0.15) is 17.5 Å². The highest BCUT2D eigenvalue weighted by molar-refractivity contribution is 6.30. The summed E-state index contributed by atoms with van der Waals surface area (Å²) in [5, 5.41) is 9.87. The number of benzene rings is 1. The van der Waals surface area contributed by atoms with Gasteiger partial charge in [0.2, 0.25) is 5.88 Å². The fourth-order valence-corrected chi connectivity index (χ4v) is 2.75. The number of nitriles is 1. The van der Waals surface area contributed by atoms with E-state index in [1.165, 1.54) is 0 Å². The average Bonchev–Trinajstić information content (AvgIpc) is 3.10. The van der Waals surface area contributed by atoms with Crippen molar-refractivity contribution in [2.45, 2.75) is 25.5 Å². The van der Waals surface area contributed by atoms with Crippen LogP contribution in [0.5, 0.6) is 11.6 Å². The zero-order valence-electron chi connectivity index (χ0n) is 12.0. The summed E-state index contributed by atoms with van der Waals surface area (Å²) in [6.07, 6.45) is 2.09. The fraction of sp³-hybridized carbons (Fsp3) is 0.312. The van der Waals surface area contributed by atoms with Crippen LogP contribution in [0.25, 0.3) is 0 Å². The van der Waals surface area contributed by atoms with Crippen molar-refractivity contribution in [3.8, 4) is 17.7 Å². The molecule has 1 atom stereocenters. The Morgan fingerprint density at radius 2 is 2.32 bits per heavy atom. The molecule has 2 N–H and O–H groups in total. The minimum Gasteiger partial charge on any atom is -0.439 e. The summed E-state index contributed by atoms with van der Waals surface area (Å²) < 4.78 is 13.3. The first-order valence-corrected chi connectivity index (χ1v) is 7.49. The first-order valence-electron chi connectivity index (χ1n) is 7.11. The Hall–Kier alpha value is -2.16. The maximum atomic E-state index is 9.30. The number of nitrogens with two attached hydrogens (primary N) is 1. The average molecular weight is 318 g/mol. The van der Waals surface area contributed by atoms with Crippen LogP contribution in [0.2, 0.25) is 5.02 Å². The number of nitrogen functional groups attached to an aromatic ring is 1. The molecule has 0 radical (unpaired) electrons. The highest BCUT2D eigenvalue weighted by atomic mass is 35.5. The van der Waals surface area contributed by atoms with E-state index in [9.17, 15) is 5.26 Å². The summed E-state index contributed by atoms with van der Waals surface area (Å²) in [5.74, 6) is 1.03. The summed E-state index contributed by atoms with van der Waals surface area (Å²) in [5.41, 5.74) is 6.90. The number of hydrogen-bond donors (Lipinski definition) is 1. The van der Waals surface area contributed by atoms with Crippen LogP contribution in [-0.2, 0) is 11.3 Å². The second-order valence-corrected chi connectivity index (χ2v) is 5.64. The molecule has 0 spiro atoms. The lowest BCUT2D eigenvalue weighted by molar-refractivity contribution is 0.0952. The molecular weight excluding hydrogens is 302 g/mol. The lowest BCUT2D eigenvalue weighted by Gasteiger charge is -2.16.